The molecule has 4 bridgehead atoms. The fourth-order valence-corrected chi connectivity index (χ4v) is 5.72. The molecule has 0 atom stereocenters. The van der Waals surface area contributed by atoms with Crippen LogP contribution in [0.25, 0.3) is 11.1 Å². The van der Waals surface area contributed by atoms with Crippen LogP contribution in [-0.2, 0) is 4.74 Å². The molecule has 134 valence electrons. The number of anilines is 1. The molecule has 3 nitrogen and oxygen atoms in total. The average Bonchev–Trinajstić information content (AvgIpc) is 2.65. The van der Waals surface area contributed by atoms with Crippen molar-refractivity contribution in [3.05, 3.63) is 54.6 Å². The molecule has 4 aliphatic rings. The van der Waals surface area contributed by atoms with E-state index in [0.29, 0.717) is 11.8 Å². The van der Waals surface area contributed by atoms with Crippen LogP contribution >= 0.6 is 0 Å². The summed E-state index contributed by atoms with van der Waals surface area (Å²) >= 11 is 0. The molecule has 4 aliphatic carbocycles. The first-order valence-corrected chi connectivity index (χ1v) is 9.88. The van der Waals surface area contributed by atoms with E-state index >= 15 is 0 Å². The fraction of sp³-hybridized carbons (Fsp3) is 0.435. The van der Waals surface area contributed by atoms with Gasteiger partial charge in [-0.1, -0.05) is 42.5 Å². The molecule has 0 radical (unpaired) electrons. The molecule has 4 saturated carbocycles. The number of carbonyl (C=O) groups excluding carboxylic acids is 1. The zero-order valence-corrected chi connectivity index (χ0v) is 14.9. The second kappa shape index (κ2) is 6.46. The normalized spacial score (nSPS) is 31.6. The molecule has 0 aliphatic heterocycles. The van der Waals surface area contributed by atoms with Gasteiger partial charge in [-0.3, -0.25) is 5.32 Å². The van der Waals surface area contributed by atoms with E-state index in [-0.39, 0.29) is 12.2 Å². The summed E-state index contributed by atoms with van der Waals surface area (Å²) in [6.07, 6.45) is 6.29. The summed E-state index contributed by atoms with van der Waals surface area (Å²) in [5.74, 6) is 2.98. The van der Waals surface area contributed by atoms with Gasteiger partial charge >= 0.3 is 6.09 Å². The first-order chi connectivity index (χ1) is 12.7. The maximum absolute atomic E-state index is 12.4. The zero-order chi connectivity index (χ0) is 17.5. The molecular formula is C23H25NO2. The van der Waals surface area contributed by atoms with Crippen LogP contribution < -0.4 is 5.32 Å². The molecule has 3 heteroatoms. The third-order valence-corrected chi connectivity index (χ3v) is 6.62. The summed E-state index contributed by atoms with van der Waals surface area (Å²) in [4.78, 5) is 12.4. The van der Waals surface area contributed by atoms with Gasteiger partial charge in [0, 0.05) is 5.69 Å². The lowest BCUT2D eigenvalue weighted by molar-refractivity contribution is -0.0933. The van der Waals surface area contributed by atoms with Gasteiger partial charge < -0.3 is 4.74 Å². The predicted molar refractivity (Wildman–Crippen MR) is 103 cm³/mol. The predicted octanol–water partition coefficient (Wildman–Crippen LogP) is 5.73. The van der Waals surface area contributed by atoms with Gasteiger partial charge in [-0.25, -0.2) is 4.79 Å². The minimum absolute atomic E-state index is 0.131. The molecule has 1 amide bonds. The van der Waals surface area contributed by atoms with Crippen LogP contribution in [0.3, 0.4) is 0 Å². The Morgan fingerprint density at radius 1 is 0.769 bits per heavy atom. The SMILES string of the molecule is O=C(Nc1ccc(-c2ccccc2)cc1)OC1C2CC3CC(C2)CC1C3. The largest absolute Gasteiger partial charge is 0.445 e. The highest BCUT2D eigenvalue weighted by atomic mass is 16.6. The lowest BCUT2D eigenvalue weighted by atomic mass is 9.55. The third-order valence-electron chi connectivity index (χ3n) is 6.62. The van der Waals surface area contributed by atoms with Crippen molar-refractivity contribution in [1.82, 2.24) is 0 Å². The Labute approximate surface area is 154 Å². The van der Waals surface area contributed by atoms with Crippen molar-refractivity contribution in [3.63, 3.8) is 0 Å². The summed E-state index contributed by atoms with van der Waals surface area (Å²) in [5, 5.41) is 2.92. The van der Waals surface area contributed by atoms with Crippen LogP contribution in [-0.4, -0.2) is 12.2 Å². The van der Waals surface area contributed by atoms with Crippen molar-refractivity contribution in [3.8, 4) is 11.1 Å². The maximum atomic E-state index is 12.4. The van der Waals surface area contributed by atoms with Crippen molar-refractivity contribution in [1.29, 1.82) is 0 Å². The molecule has 2 aromatic rings. The van der Waals surface area contributed by atoms with Crippen molar-refractivity contribution >= 4 is 11.8 Å². The molecule has 0 saturated heterocycles. The monoisotopic (exact) mass is 347 g/mol. The highest BCUT2D eigenvalue weighted by Gasteiger charge is 2.49. The fourth-order valence-electron chi connectivity index (χ4n) is 5.72. The number of hydrogen-bond acceptors (Lipinski definition) is 2. The molecule has 0 heterocycles. The summed E-state index contributed by atoms with van der Waals surface area (Å²) in [5.41, 5.74) is 3.11. The van der Waals surface area contributed by atoms with Gasteiger partial charge in [0.15, 0.2) is 0 Å². The van der Waals surface area contributed by atoms with E-state index in [1.165, 1.54) is 37.7 Å². The Kier molecular flexibility index (Phi) is 3.96. The van der Waals surface area contributed by atoms with Gasteiger partial charge in [0.2, 0.25) is 0 Å². The van der Waals surface area contributed by atoms with Crippen molar-refractivity contribution in [2.75, 3.05) is 5.32 Å². The lowest BCUT2D eigenvalue weighted by Crippen LogP contribution is -2.50. The number of nitrogens with one attached hydrogen (secondary N) is 1. The first-order valence-electron chi connectivity index (χ1n) is 9.88. The van der Waals surface area contributed by atoms with Crippen molar-refractivity contribution < 1.29 is 9.53 Å². The highest BCUT2D eigenvalue weighted by molar-refractivity contribution is 5.85. The van der Waals surface area contributed by atoms with Gasteiger partial charge in [0.05, 0.1) is 0 Å². The minimum Gasteiger partial charge on any atom is -0.445 e. The standard InChI is InChI=1S/C23H25NO2/c25-23(26-22-19-11-15-10-16(13-19)14-20(22)12-15)24-21-8-6-18(7-9-21)17-4-2-1-3-5-17/h1-9,15-16,19-20,22H,10-14H2,(H,24,25). The average molecular weight is 347 g/mol. The number of benzene rings is 2. The summed E-state index contributed by atoms with van der Waals surface area (Å²) in [6, 6.07) is 18.2. The maximum Gasteiger partial charge on any atom is 0.411 e. The van der Waals surface area contributed by atoms with E-state index < -0.39 is 0 Å². The molecular weight excluding hydrogens is 322 g/mol. The molecule has 26 heavy (non-hydrogen) atoms. The molecule has 4 fully saturated rings. The van der Waals surface area contributed by atoms with Crippen LogP contribution in [0.2, 0.25) is 0 Å². The van der Waals surface area contributed by atoms with E-state index in [2.05, 4.69) is 17.4 Å². The highest BCUT2D eigenvalue weighted by Crippen LogP contribution is 2.54. The van der Waals surface area contributed by atoms with Crippen molar-refractivity contribution in [2.45, 2.75) is 38.2 Å². The van der Waals surface area contributed by atoms with Gasteiger partial charge in [-0.2, -0.15) is 0 Å². The topological polar surface area (TPSA) is 38.3 Å². The number of amides is 1. The Morgan fingerprint density at radius 2 is 1.35 bits per heavy atom. The van der Waals surface area contributed by atoms with Gasteiger partial charge in [0.1, 0.15) is 6.10 Å². The summed E-state index contributed by atoms with van der Waals surface area (Å²) in [6.45, 7) is 0. The van der Waals surface area contributed by atoms with Gasteiger partial charge in [-0.15, -0.1) is 0 Å². The van der Waals surface area contributed by atoms with E-state index in [1.54, 1.807) is 0 Å². The first kappa shape index (κ1) is 15.9. The van der Waals surface area contributed by atoms with E-state index in [9.17, 15) is 4.79 Å². The second-order valence-electron chi connectivity index (χ2n) is 8.37. The van der Waals surface area contributed by atoms with Gasteiger partial charge in [0.25, 0.3) is 0 Å². The Bertz CT molecular complexity index is 756. The second-order valence-corrected chi connectivity index (χ2v) is 8.37. The number of rotatable bonds is 3. The van der Waals surface area contributed by atoms with Crippen molar-refractivity contribution in [2.24, 2.45) is 23.7 Å². The smallest absolute Gasteiger partial charge is 0.411 e. The summed E-state index contributed by atoms with van der Waals surface area (Å²) < 4.78 is 5.90. The molecule has 0 unspecified atom stereocenters. The van der Waals surface area contributed by atoms with E-state index in [4.69, 9.17) is 4.74 Å². The van der Waals surface area contributed by atoms with Gasteiger partial charge in [-0.05, 0) is 79.0 Å². The summed E-state index contributed by atoms with van der Waals surface area (Å²) in [7, 11) is 0. The Balaban J connectivity index is 1.22. The van der Waals surface area contributed by atoms with Crippen LogP contribution in [0.4, 0.5) is 10.5 Å². The quantitative estimate of drug-likeness (QED) is 0.770. The lowest BCUT2D eigenvalue weighted by Gasteiger charge is -2.53. The van der Waals surface area contributed by atoms with Crippen LogP contribution in [0.5, 0.6) is 0 Å². The van der Waals surface area contributed by atoms with Crippen LogP contribution in [0.15, 0.2) is 54.6 Å². The molecule has 0 spiro atoms. The Hall–Kier alpha value is -2.29. The van der Waals surface area contributed by atoms with Crippen LogP contribution in [0, 0.1) is 23.7 Å². The minimum atomic E-state index is -0.296. The molecule has 0 aromatic heterocycles. The Morgan fingerprint density at radius 3 is 1.96 bits per heavy atom. The van der Waals surface area contributed by atoms with Crippen LogP contribution in [0.1, 0.15) is 32.1 Å². The van der Waals surface area contributed by atoms with E-state index in [0.717, 1.165) is 23.1 Å². The zero-order valence-electron chi connectivity index (χ0n) is 14.9. The number of ether oxygens (including phenoxy) is 1. The number of carbonyl (C=O) groups is 1. The third kappa shape index (κ3) is 3.00. The van der Waals surface area contributed by atoms with E-state index in [1.807, 2.05) is 42.5 Å². The molecule has 6 rings (SSSR count). The molecule has 1 N–H and O–H groups in total. The molecule has 2 aromatic carbocycles. The number of hydrogen-bond donors (Lipinski definition) is 1.